The Labute approximate surface area is 129 Å². The first kappa shape index (κ1) is 13.4. The number of nitrogens with zero attached hydrogens (tertiary/aromatic N) is 2. The minimum absolute atomic E-state index is 0.197. The Morgan fingerprint density at radius 2 is 1.83 bits per heavy atom. The molecular formula is C17H10FN3O2. The maximum absolute atomic E-state index is 13.6. The van der Waals surface area contributed by atoms with Crippen molar-refractivity contribution < 1.29 is 4.39 Å². The summed E-state index contributed by atoms with van der Waals surface area (Å²) < 4.78 is 15.3. The molecule has 2 aromatic rings. The number of halogens is 1. The largest absolute Gasteiger partial charge is 0.349 e. The van der Waals surface area contributed by atoms with Crippen LogP contribution in [0.25, 0.3) is 28.0 Å². The average Bonchev–Trinajstić information content (AvgIpc) is 2.53. The topological polar surface area (TPSA) is 67.8 Å². The lowest BCUT2D eigenvalue weighted by atomic mass is 10.1. The number of para-hydroxylation sites is 1. The molecule has 2 aliphatic heterocycles. The fraction of sp³-hybridized carbons (Fsp3) is 0. The van der Waals surface area contributed by atoms with Gasteiger partial charge in [0, 0.05) is 0 Å². The second-order valence-electron chi connectivity index (χ2n) is 5.13. The molecular weight excluding hydrogens is 297 g/mol. The molecule has 2 heterocycles. The number of pyridine rings is 1. The van der Waals surface area contributed by atoms with Gasteiger partial charge in [0.15, 0.2) is 5.82 Å². The van der Waals surface area contributed by atoms with Crippen LogP contribution in [0.15, 0.2) is 64.2 Å². The van der Waals surface area contributed by atoms with Crippen LogP contribution in [-0.2, 0) is 0 Å². The van der Waals surface area contributed by atoms with Crippen LogP contribution in [0.4, 0.5) is 4.39 Å². The van der Waals surface area contributed by atoms with Crippen LogP contribution in [0.5, 0.6) is 0 Å². The summed E-state index contributed by atoms with van der Waals surface area (Å²) in [5.74, 6) is -0.216. The molecule has 1 N–H and O–H groups in total. The van der Waals surface area contributed by atoms with Crippen molar-refractivity contribution in [2.45, 2.75) is 0 Å². The van der Waals surface area contributed by atoms with E-state index in [0.717, 1.165) is 10.9 Å². The molecule has 0 fully saturated rings. The zero-order chi connectivity index (χ0) is 16.0. The van der Waals surface area contributed by atoms with E-state index in [0.29, 0.717) is 5.69 Å². The zero-order valence-electron chi connectivity index (χ0n) is 11.8. The van der Waals surface area contributed by atoms with Crippen molar-refractivity contribution in [3.8, 4) is 17.1 Å². The summed E-state index contributed by atoms with van der Waals surface area (Å²) >= 11 is 0. The maximum atomic E-state index is 13.6. The number of aromatic amines is 1. The van der Waals surface area contributed by atoms with Crippen LogP contribution in [-0.4, -0.2) is 14.5 Å². The molecule has 0 aliphatic carbocycles. The van der Waals surface area contributed by atoms with E-state index in [4.69, 9.17) is 0 Å². The second-order valence-corrected chi connectivity index (χ2v) is 5.13. The monoisotopic (exact) mass is 307 g/mol. The number of rotatable bonds is 1. The highest BCUT2D eigenvalue weighted by atomic mass is 19.1. The van der Waals surface area contributed by atoms with Gasteiger partial charge in [0.1, 0.15) is 5.82 Å². The molecule has 0 unspecified atom stereocenters. The minimum Gasteiger partial charge on any atom is -0.294 e. The summed E-state index contributed by atoms with van der Waals surface area (Å²) in [4.78, 5) is 29.8. The lowest BCUT2D eigenvalue weighted by Crippen LogP contribution is -2.27. The van der Waals surface area contributed by atoms with Crippen molar-refractivity contribution >= 4 is 10.9 Å². The summed E-state index contributed by atoms with van der Waals surface area (Å²) in [6.45, 7) is 0. The van der Waals surface area contributed by atoms with Gasteiger partial charge in [-0.1, -0.05) is 24.3 Å². The van der Waals surface area contributed by atoms with Crippen molar-refractivity contribution in [1.82, 2.24) is 14.5 Å². The first-order valence-electron chi connectivity index (χ1n) is 6.94. The number of fused-ring (bicyclic) bond motifs is 2. The third kappa shape index (κ3) is 2.12. The lowest BCUT2D eigenvalue weighted by molar-refractivity contribution is 0.626. The van der Waals surface area contributed by atoms with E-state index < -0.39 is 17.1 Å². The van der Waals surface area contributed by atoms with Crippen molar-refractivity contribution in [3.05, 3.63) is 81.3 Å². The average molecular weight is 307 g/mol. The Kier molecular flexibility index (Phi) is 2.84. The molecule has 0 atom stereocenters. The van der Waals surface area contributed by atoms with Gasteiger partial charge in [0.25, 0.3) is 5.56 Å². The summed E-state index contributed by atoms with van der Waals surface area (Å²) in [5.41, 5.74) is 0.235. The van der Waals surface area contributed by atoms with Gasteiger partial charge in [0.05, 0.1) is 16.8 Å². The van der Waals surface area contributed by atoms with Gasteiger partial charge in [-0.3, -0.25) is 14.3 Å². The molecule has 0 aromatic heterocycles. The standard InChI is InChI=1S/C17H10FN3O2/c18-11-5-3-6-12(9-11)21-14-7-2-1-4-10(14)8-13-15(21)19-17(23)20-16(13)22/h1-9H,(H,20,22,23). The lowest BCUT2D eigenvalue weighted by Gasteiger charge is -2.17. The summed E-state index contributed by atoms with van der Waals surface area (Å²) in [6, 6.07) is 14.9. The molecule has 0 radical (unpaired) electrons. The third-order valence-electron chi connectivity index (χ3n) is 3.67. The van der Waals surface area contributed by atoms with E-state index in [1.807, 2.05) is 24.3 Å². The third-order valence-corrected chi connectivity index (χ3v) is 3.67. The van der Waals surface area contributed by atoms with E-state index in [1.54, 1.807) is 22.8 Å². The molecule has 0 bridgehead atoms. The SMILES string of the molecule is O=c1nc2n(-c3cccc(F)c3)c3ccccc3cc-2c(=O)[nH]1. The van der Waals surface area contributed by atoms with Gasteiger partial charge < -0.3 is 0 Å². The van der Waals surface area contributed by atoms with Gasteiger partial charge in [-0.05, 0) is 35.7 Å². The van der Waals surface area contributed by atoms with E-state index in [1.165, 1.54) is 12.1 Å². The van der Waals surface area contributed by atoms with E-state index >= 15 is 0 Å². The predicted molar refractivity (Wildman–Crippen MR) is 84.5 cm³/mol. The molecule has 4 rings (SSSR count). The quantitative estimate of drug-likeness (QED) is 0.549. The molecule has 2 aliphatic rings. The number of H-pyrrole nitrogens is 1. The Bertz CT molecular complexity index is 1130. The number of aromatic nitrogens is 3. The number of hydrogen-bond acceptors (Lipinski definition) is 3. The predicted octanol–water partition coefficient (Wildman–Crippen LogP) is 2.32. The maximum Gasteiger partial charge on any atom is 0.349 e. The Hall–Kier alpha value is -3.28. The van der Waals surface area contributed by atoms with Crippen LogP contribution in [0.3, 0.4) is 0 Å². The van der Waals surface area contributed by atoms with Crippen LogP contribution in [0.2, 0.25) is 0 Å². The van der Waals surface area contributed by atoms with E-state index in [2.05, 4.69) is 9.97 Å². The molecule has 6 heteroatoms. The fourth-order valence-corrected chi connectivity index (χ4v) is 2.71. The highest BCUT2D eigenvalue weighted by Crippen LogP contribution is 2.27. The summed E-state index contributed by atoms with van der Waals surface area (Å²) in [6.07, 6.45) is 0. The summed E-state index contributed by atoms with van der Waals surface area (Å²) in [7, 11) is 0. The van der Waals surface area contributed by atoms with Crippen molar-refractivity contribution in [2.75, 3.05) is 0 Å². The smallest absolute Gasteiger partial charge is 0.294 e. The van der Waals surface area contributed by atoms with Gasteiger partial charge in [-0.25, -0.2) is 9.18 Å². The normalized spacial score (nSPS) is 11.2. The van der Waals surface area contributed by atoms with Crippen LogP contribution in [0.1, 0.15) is 0 Å². The number of benzene rings is 2. The Balaban J connectivity index is 2.26. The van der Waals surface area contributed by atoms with Crippen molar-refractivity contribution in [2.24, 2.45) is 0 Å². The van der Waals surface area contributed by atoms with Gasteiger partial charge in [-0.2, -0.15) is 4.98 Å². The number of nitrogens with one attached hydrogen (secondary N) is 1. The molecule has 112 valence electrons. The molecule has 0 saturated heterocycles. The number of hydrogen-bond donors (Lipinski definition) is 1. The molecule has 0 spiro atoms. The minimum atomic E-state index is -0.733. The Morgan fingerprint density at radius 1 is 1.00 bits per heavy atom. The Morgan fingerprint density at radius 3 is 2.65 bits per heavy atom. The first-order valence-corrected chi connectivity index (χ1v) is 6.94. The molecule has 23 heavy (non-hydrogen) atoms. The van der Waals surface area contributed by atoms with Crippen LogP contribution < -0.4 is 11.2 Å². The van der Waals surface area contributed by atoms with Crippen molar-refractivity contribution in [1.29, 1.82) is 0 Å². The first-order chi connectivity index (χ1) is 11.1. The second kappa shape index (κ2) is 4.88. The highest BCUT2D eigenvalue weighted by molar-refractivity contribution is 5.87. The molecule has 0 amide bonds. The van der Waals surface area contributed by atoms with Crippen LogP contribution >= 0.6 is 0 Å². The van der Waals surface area contributed by atoms with Gasteiger partial charge in [-0.15, -0.1) is 0 Å². The molecule has 2 aromatic carbocycles. The molecule has 5 nitrogen and oxygen atoms in total. The van der Waals surface area contributed by atoms with Gasteiger partial charge in [0.2, 0.25) is 0 Å². The van der Waals surface area contributed by atoms with Crippen LogP contribution in [0, 0.1) is 5.82 Å². The van der Waals surface area contributed by atoms with E-state index in [9.17, 15) is 14.0 Å². The fourth-order valence-electron chi connectivity index (χ4n) is 2.71. The van der Waals surface area contributed by atoms with Crippen molar-refractivity contribution in [3.63, 3.8) is 0 Å². The van der Waals surface area contributed by atoms with Gasteiger partial charge >= 0.3 is 5.69 Å². The zero-order valence-corrected chi connectivity index (χ0v) is 11.8. The highest BCUT2D eigenvalue weighted by Gasteiger charge is 2.17. The summed E-state index contributed by atoms with van der Waals surface area (Å²) in [5, 5.41) is 0.787. The molecule has 0 saturated carbocycles. The van der Waals surface area contributed by atoms with E-state index in [-0.39, 0.29) is 11.4 Å².